The Balaban J connectivity index is 2.16. The van der Waals surface area contributed by atoms with Crippen LogP contribution in [0.25, 0.3) is 0 Å². The second-order valence-electron chi connectivity index (χ2n) is 4.09. The number of benzene rings is 1. The Hall–Kier alpha value is -3.09. The number of oxime groups is 1. The maximum Gasteiger partial charge on any atom is 0.259 e. The molecular weight excluding hydrogens is 272 g/mol. The molecular formula is C14H14N4O3. The molecule has 0 saturated carbocycles. The molecule has 0 aliphatic rings. The SMILES string of the molecule is COc1cnccc1C(=O)Nc1ccc(/C(N)=N/O)cc1. The third-order valence-corrected chi connectivity index (χ3v) is 2.80. The van der Waals surface area contributed by atoms with Crippen LogP contribution in [0.15, 0.2) is 47.9 Å². The number of carbonyl (C=O) groups is 1. The van der Waals surface area contributed by atoms with Crippen LogP contribution in [-0.2, 0) is 0 Å². The predicted molar refractivity (Wildman–Crippen MR) is 77.7 cm³/mol. The number of pyridine rings is 1. The number of amides is 1. The zero-order chi connectivity index (χ0) is 15.2. The molecule has 21 heavy (non-hydrogen) atoms. The van der Waals surface area contributed by atoms with Crippen molar-refractivity contribution in [1.82, 2.24) is 4.98 Å². The molecule has 0 radical (unpaired) electrons. The van der Waals surface area contributed by atoms with Gasteiger partial charge in [0.25, 0.3) is 5.91 Å². The van der Waals surface area contributed by atoms with Gasteiger partial charge in [0.05, 0.1) is 18.9 Å². The van der Waals surface area contributed by atoms with Gasteiger partial charge in [-0.2, -0.15) is 0 Å². The summed E-state index contributed by atoms with van der Waals surface area (Å²) in [5.41, 5.74) is 6.98. The Morgan fingerprint density at radius 1 is 1.33 bits per heavy atom. The Morgan fingerprint density at radius 3 is 2.67 bits per heavy atom. The quantitative estimate of drug-likeness (QED) is 0.341. The molecule has 0 aliphatic heterocycles. The molecule has 1 heterocycles. The Kier molecular flexibility index (Phi) is 4.35. The maximum absolute atomic E-state index is 12.2. The van der Waals surface area contributed by atoms with Crippen LogP contribution in [0.3, 0.4) is 0 Å². The Bertz CT molecular complexity index is 668. The number of aromatic nitrogens is 1. The fraction of sp³-hybridized carbons (Fsp3) is 0.0714. The highest BCUT2D eigenvalue weighted by Crippen LogP contribution is 2.18. The lowest BCUT2D eigenvalue weighted by molar-refractivity contribution is 0.102. The van der Waals surface area contributed by atoms with Crippen molar-refractivity contribution in [2.75, 3.05) is 12.4 Å². The van der Waals surface area contributed by atoms with Gasteiger partial charge in [-0.25, -0.2) is 0 Å². The van der Waals surface area contributed by atoms with Crippen molar-refractivity contribution in [2.45, 2.75) is 0 Å². The predicted octanol–water partition coefficient (Wildman–Crippen LogP) is 1.44. The van der Waals surface area contributed by atoms with Crippen LogP contribution in [0.2, 0.25) is 0 Å². The lowest BCUT2D eigenvalue weighted by Crippen LogP contribution is -2.15. The van der Waals surface area contributed by atoms with Gasteiger partial charge in [0.2, 0.25) is 0 Å². The molecule has 1 amide bonds. The van der Waals surface area contributed by atoms with Gasteiger partial charge in [-0.15, -0.1) is 0 Å². The number of amidine groups is 1. The first kappa shape index (κ1) is 14.3. The summed E-state index contributed by atoms with van der Waals surface area (Å²) in [5, 5.41) is 14.2. The number of ether oxygens (including phenoxy) is 1. The van der Waals surface area contributed by atoms with Crippen LogP contribution in [0.5, 0.6) is 5.75 Å². The average molecular weight is 286 g/mol. The molecule has 0 spiro atoms. The maximum atomic E-state index is 12.2. The normalized spacial score (nSPS) is 11.0. The van der Waals surface area contributed by atoms with Crippen molar-refractivity contribution >= 4 is 17.4 Å². The molecule has 0 fully saturated rings. The Labute approximate surface area is 121 Å². The number of nitrogens with two attached hydrogens (primary N) is 1. The van der Waals surface area contributed by atoms with E-state index < -0.39 is 0 Å². The number of carbonyl (C=O) groups excluding carboxylic acids is 1. The smallest absolute Gasteiger partial charge is 0.259 e. The number of nitrogens with one attached hydrogen (secondary N) is 1. The van der Waals surface area contributed by atoms with Crippen LogP contribution >= 0.6 is 0 Å². The summed E-state index contributed by atoms with van der Waals surface area (Å²) in [6, 6.07) is 8.14. The molecule has 7 nitrogen and oxygen atoms in total. The largest absolute Gasteiger partial charge is 0.494 e. The first-order valence-electron chi connectivity index (χ1n) is 6.03. The summed E-state index contributed by atoms with van der Waals surface area (Å²) in [7, 11) is 1.47. The number of hydrogen-bond donors (Lipinski definition) is 3. The number of hydrogen-bond acceptors (Lipinski definition) is 5. The van der Waals surface area contributed by atoms with Crippen LogP contribution in [-0.4, -0.2) is 29.0 Å². The highest BCUT2D eigenvalue weighted by molar-refractivity contribution is 6.06. The molecule has 4 N–H and O–H groups in total. The van der Waals surface area contributed by atoms with Crippen molar-refractivity contribution in [1.29, 1.82) is 0 Å². The summed E-state index contributed by atoms with van der Waals surface area (Å²) in [6.07, 6.45) is 2.98. The number of anilines is 1. The highest BCUT2D eigenvalue weighted by atomic mass is 16.5. The fourth-order valence-electron chi connectivity index (χ4n) is 1.71. The summed E-state index contributed by atoms with van der Waals surface area (Å²) in [6.45, 7) is 0. The number of methoxy groups -OCH3 is 1. The van der Waals surface area contributed by atoms with E-state index in [1.807, 2.05) is 0 Å². The van der Waals surface area contributed by atoms with Crippen LogP contribution in [0.1, 0.15) is 15.9 Å². The van der Waals surface area contributed by atoms with Crippen molar-refractivity contribution in [2.24, 2.45) is 10.9 Å². The van der Waals surface area contributed by atoms with Gasteiger partial charge >= 0.3 is 0 Å². The van der Waals surface area contributed by atoms with E-state index in [2.05, 4.69) is 15.5 Å². The third kappa shape index (κ3) is 3.27. The van der Waals surface area contributed by atoms with E-state index in [0.29, 0.717) is 22.6 Å². The Morgan fingerprint density at radius 2 is 2.05 bits per heavy atom. The van der Waals surface area contributed by atoms with Crippen molar-refractivity contribution in [3.8, 4) is 5.75 Å². The zero-order valence-electron chi connectivity index (χ0n) is 11.3. The van der Waals surface area contributed by atoms with Crippen LogP contribution in [0, 0.1) is 0 Å². The van der Waals surface area contributed by atoms with Gasteiger partial charge in [0.1, 0.15) is 5.75 Å². The monoisotopic (exact) mass is 286 g/mol. The molecule has 0 saturated heterocycles. The van der Waals surface area contributed by atoms with E-state index in [1.54, 1.807) is 30.3 Å². The molecule has 1 aromatic heterocycles. The van der Waals surface area contributed by atoms with Crippen LogP contribution < -0.4 is 15.8 Å². The minimum absolute atomic E-state index is 0.00341. The molecule has 0 bridgehead atoms. The lowest BCUT2D eigenvalue weighted by Gasteiger charge is -2.09. The highest BCUT2D eigenvalue weighted by Gasteiger charge is 2.12. The molecule has 1 aromatic carbocycles. The van der Waals surface area contributed by atoms with E-state index in [4.69, 9.17) is 15.7 Å². The summed E-state index contributed by atoms with van der Waals surface area (Å²) in [5.74, 6) is 0.0813. The minimum Gasteiger partial charge on any atom is -0.494 e. The average Bonchev–Trinajstić information content (AvgIpc) is 2.54. The third-order valence-electron chi connectivity index (χ3n) is 2.80. The van der Waals surface area contributed by atoms with Crippen LogP contribution in [0.4, 0.5) is 5.69 Å². The summed E-state index contributed by atoms with van der Waals surface area (Å²) in [4.78, 5) is 16.1. The standard InChI is InChI=1S/C14H14N4O3/c1-21-12-8-16-7-6-11(12)14(19)17-10-4-2-9(3-5-10)13(15)18-20/h2-8,20H,1H3,(H2,15,18)(H,17,19). The van der Waals surface area contributed by atoms with Gasteiger partial charge in [0.15, 0.2) is 5.84 Å². The van der Waals surface area contributed by atoms with Gasteiger partial charge in [-0.1, -0.05) is 5.16 Å². The molecule has 108 valence electrons. The van der Waals surface area contributed by atoms with E-state index in [0.717, 1.165) is 0 Å². The second-order valence-corrected chi connectivity index (χ2v) is 4.09. The van der Waals surface area contributed by atoms with E-state index >= 15 is 0 Å². The van der Waals surface area contributed by atoms with Crippen molar-refractivity contribution in [3.63, 3.8) is 0 Å². The van der Waals surface area contributed by atoms with Gasteiger partial charge in [-0.05, 0) is 30.3 Å². The van der Waals surface area contributed by atoms with Gasteiger partial charge in [-0.3, -0.25) is 9.78 Å². The summed E-state index contributed by atoms with van der Waals surface area (Å²) < 4.78 is 5.09. The first-order chi connectivity index (χ1) is 10.2. The molecule has 0 unspecified atom stereocenters. The molecule has 2 rings (SSSR count). The second kappa shape index (κ2) is 6.38. The van der Waals surface area contributed by atoms with E-state index in [1.165, 1.54) is 19.5 Å². The molecule has 0 atom stereocenters. The minimum atomic E-state index is -0.314. The zero-order valence-corrected chi connectivity index (χ0v) is 11.3. The van der Waals surface area contributed by atoms with E-state index in [-0.39, 0.29) is 11.7 Å². The van der Waals surface area contributed by atoms with Gasteiger partial charge in [0, 0.05) is 17.4 Å². The first-order valence-corrected chi connectivity index (χ1v) is 6.03. The topological polar surface area (TPSA) is 110 Å². The van der Waals surface area contributed by atoms with Crippen molar-refractivity contribution in [3.05, 3.63) is 53.9 Å². The number of rotatable bonds is 4. The lowest BCUT2D eigenvalue weighted by atomic mass is 10.2. The fourth-order valence-corrected chi connectivity index (χ4v) is 1.71. The van der Waals surface area contributed by atoms with Crippen molar-refractivity contribution < 1.29 is 14.7 Å². The summed E-state index contributed by atoms with van der Waals surface area (Å²) >= 11 is 0. The molecule has 0 aliphatic carbocycles. The number of nitrogens with zero attached hydrogens (tertiary/aromatic N) is 2. The molecule has 2 aromatic rings. The van der Waals surface area contributed by atoms with Gasteiger partial charge < -0.3 is 21.0 Å². The van der Waals surface area contributed by atoms with E-state index in [9.17, 15) is 4.79 Å². The molecule has 7 heteroatoms.